The lowest BCUT2D eigenvalue weighted by molar-refractivity contribution is 0.777. The first-order valence-corrected chi connectivity index (χ1v) is 6.64. The van der Waals surface area contributed by atoms with Crippen LogP contribution in [0.25, 0.3) is 0 Å². The molecule has 0 atom stereocenters. The summed E-state index contributed by atoms with van der Waals surface area (Å²) >= 11 is 0. The Morgan fingerprint density at radius 3 is 2.33 bits per heavy atom. The molecule has 1 rings (SSSR count). The maximum Gasteiger partial charge on any atom is 0.134 e. The van der Waals surface area contributed by atoms with Crippen LogP contribution in [0, 0.1) is 6.92 Å². The molecule has 102 valence electrons. The monoisotopic (exact) mass is 251 g/mol. The lowest BCUT2D eigenvalue weighted by Crippen LogP contribution is -2.26. The summed E-state index contributed by atoms with van der Waals surface area (Å²) in [6, 6.07) is 2.05. The molecule has 0 amide bonds. The molecule has 0 unspecified atom stereocenters. The van der Waals surface area contributed by atoms with Crippen LogP contribution < -0.4 is 15.5 Å². The molecule has 0 fully saturated rings. The lowest BCUT2D eigenvalue weighted by Gasteiger charge is -2.23. The molecule has 0 aromatic carbocycles. The summed E-state index contributed by atoms with van der Waals surface area (Å²) in [5.74, 6) is 2.79. The summed E-state index contributed by atoms with van der Waals surface area (Å²) in [5.41, 5.74) is 5.54. The van der Waals surface area contributed by atoms with E-state index in [1.807, 2.05) is 14.0 Å². The standard InChI is InChI=1S/C13H25N5/c1-5-18(6-2)13-10-12(15-11(3)16-13)17(4)9-7-8-14/h10H,5-9,14H2,1-4H3. The highest BCUT2D eigenvalue weighted by Gasteiger charge is 2.09. The summed E-state index contributed by atoms with van der Waals surface area (Å²) in [6.45, 7) is 9.75. The van der Waals surface area contributed by atoms with Gasteiger partial charge in [-0.05, 0) is 33.7 Å². The minimum atomic E-state index is 0.706. The minimum absolute atomic E-state index is 0.706. The van der Waals surface area contributed by atoms with Gasteiger partial charge >= 0.3 is 0 Å². The van der Waals surface area contributed by atoms with E-state index < -0.39 is 0 Å². The van der Waals surface area contributed by atoms with Gasteiger partial charge in [-0.3, -0.25) is 0 Å². The van der Waals surface area contributed by atoms with Crippen molar-refractivity contribution in [3.8, 4) is 0 Å². The molecule has 1 heterocycles. The van der Waals surface area contributed by atoms with Crippen molar-refractivity contribution in [1.29, 1.82) is 0 Å². The van der Waals surface area contributed by atoms with Crippen molar-refractivity contribution in [2.45, 2.75) is 27.2 Å². The number of aromatic nitrogens is 2. The molecular weight excluding hydrogens is 226 g/mol. The van der Waals surface area contributed by atoms with Crippen LogP contribution in [-0.2, 0) is 0 Å². The first-order valence-electron chi connectivity index (χ1n) is 6.64. The summed E-state index contributed by atoms with van der Waals surface area (Å²) in [7, 11) is 2.05. The fourth-order valence-corrected chi connectivity index (χ4v) is 1.88. The molecule has 0 aliphatic heterocycles. The Morgan fingerprint density at radius 1 is 1.17 bits per heavy atom. The van der Waals surface area contributed by atoms with Crippen molar-refractivity contribution in [1.82, 2.24) is 9.97 Å². The molecule has 5 heteroatoms. The van der Waals surface area contributed by atoms with Crippen molar-refractivity contribution >= 4 is 11.6 Å². The fraction of sp³-hybridized carbons (Fsp3) is 0.692. The predicted octanol–water partition coefficient (Wildman–Crippen LogP) is 1.42. The zero-order chi connectivity index (χ0) is 13.5. The highest BCUT2D eigenvalue weighted by Crippen LogP contribution is 2.18. The van der Waals surface area contributed by atoms with E-state index in [4.69, 9.17) is 5.73 Å². The number of anilines is 2. The van der Waals surface area contributed by atoms with Gasteiger partial charge in [0.05, 0.1) is 0 Å². The molecule has 1 aromatic heterocycles. The van der Waals surface area contributed by atoms with E-state index in [-0.39, 0.29) is 0 Å². The minimum Gasteiger partial charge on any atom is -0.359 e. The smallest absolute Gasteiger partial charge is 0.134 e. The molecule has 0 saturated heterocycles. The maximum absolute atomic E-state index is 5.54. The third-order valence-electron chi connectivity index (χ3n) is 2.99. The van der Waals surface area contributed by atoms with Gasteiger partial charge in [-0.2, -0.15) is 0 Å². The quantitative estimate of drug-likeness (QED) is 0.794. The second kappa shape index (κ2) is 7.16. The van der Waals surface area contributed by atoms with E-state index >= 15 is 0 Å². The molecule has 18 heavy (non-hydrogen) atoms. The first kappa shape index (κ1) is 14.7. The van der Waals surface area contributed by atoms with Crippen LogP contribution in [0.1, 0.15) is 26.1 Å². The van der Waals surface area contributed by atoms with Crippen molar-refractivity contribution < 1.29 is 0 Å². The number of rotatable bonds is 7. The normalized spacial score (nSPS) is 10.5. The molecule has 1 aromatic rings. The number of aryl methyl sites for hydroxylation is 1. The third kappa shape index (κ3) is 3.84. The van der Waals surface area contributed by atoms with Crippen molar-refractivity contribution in [3.05, 3.63) is 11.9 Å². The molecule has 0 bridgehead atoms. The van der Waals surface area contributed by atoms with Gasteiger partial charge in [0.2, 0.25) is 0 Å². The van der Waals surface area contributed by atoms with Gasteiger partial charge in [-0.1, -0.05) is 0 Å². The van der Waals surface area contributed by atoms with Crippen molar-refractivity contribution in [3.63, 3.8) is 0 Å². The highest BCUT2D eigenvalue weighted by atomic mass is 15.2. The number of hydrogen-bond acceptors (Lipinski definition) is 5. The van der Waals surface area contributed by atoms with Crippen molar-refractivity contribution in [2.24, 2.45) is 5.73 Å². The molecule has 0 aliphatic rings. The first-order chi connectivity index (χ1) is 8.62. The molecule has 2 N–H and O–H groups in total. The Bertz CT molecular complexity index is 362. The zero-order valence-corrected chi connectivity index (χ0v) is 12.0. The number of hydrogen-bond donors (Lipinski definition) is 1. The number of nitrogens with zero attached hydrogens (tertiary/aromatic N) is 4. The van der Waals surface area contributed by atoms with Crippen LogP contribution in [0.4, 0.5) is 11.6 Å². The summed E-state index contributed by atoms with van der Waals surface area (Å²) in [5, 5.41) is 0. The van der Waals surface area contributed by atoms with Crippen molar-refractivity contribution in [2.75, 3.05) is 43.0 Å². The number of nitrogens with two attached hydrogens (primary N) is 1. The van der Waals surface area contributed by atoms with E-state index in [0.717, 1.165) is 43.5 Å². The molecule has 0 radical (unpaired) electrons. The van der Waals surface area contributed by atoms with Crippen LogP contribution in [0.5, 0.6) is 0 Å². The summed E-state index contributed by atoms with van der Waals surface area (Å²) in [6.07, 6.45) is 0.972. The molecule has 0 saturated carbocycles. The Morgan fingerprint density at radius 2 is 1.78 bits per heavy atom. The van der Waals surface area contributed by atoms with Gasteiger partial charge in [-0.15, -0.1) is 0 Å². The Hall–Kier alpha value is -1.36. The topological polar surface area (TPSA) is 58.3 Å². The van der Waals surface area contributed by atoms with Crippen LogP contribution in [0.3, 0.4) is 0 Å². The molecule has 5 nitrogen and oxygen atoms in total. The average molecular weight is 251 g/mol. The Balaban J connectivity index is 2.92. The molecule has 0 aliphatic carbocycles. The lowest BCUT2D eigenvalue weighted by atomic mass is 10.3. The Kier molecular flexibility index (Phi) is 5.85. The molecule has 0 spiro atoms. The average Bonchev–Trinajstić information content (AvgIpc) is 2.36. The van der Waals surface area contributed by atoms with Gasteiger partial charge in [0.25, 0.3) is 0 Å². The van der Waals surface area contributed by atoms with E-state index in [1.165, 1.54) is 0 Å². The maximum atomic E-state index is 5.54. The van der Waals surface area contributed by atoms with E-state index in [9.17, 15) is 0 Å². The highest BCUT2D eigenvalue weighted by molar-refractivity contribution is 5.50. The summed E-state index contributed by atoms with van der Waals surface area (Å²) in [4.78, 5) is 13.4. The largest absolute Gasteiger partial charge is 0.359 e. The third-order valence-corrected chi connectivity index (χ3v) is 2.99. The van der Waals surface area contributed by atoms with Crippen LogP contribution in [-0.4, -0.2) is 43.2 Å². The second-order valence-corrected chi connectivity index (χ2v) is 4.37. The SMILES string of the molecule is CCN(CC)c1cc(N(C)CCCN)nc(C)n1. The fourth-order valence-electron chi connectivity index (χ4n) is 1.88. The van der Waals surface area contributed by atoms with Gasteiger partial charge in [0, 0.05) is 32.7 Å². The van der Waals surface area contributed by atoms with Crippen LogP contribution in [0.2, 0.25) is 0 Å². The zero-order valence-electron chi connectivity index (χ0n) is 12.0. The molecular formula is C13H25N5. The Labute approximate surface area is 110 Å². The van der Waals surface area contributed by atoms with E-state index in [2.05, 4.69) is 39.7 Å². The van der Waals surface area contributed by atoms with Gasteiger partial charge in [0.1, 0.15) is 17.5 Å². The van der Waals surface area contributed by atoms with E-state index in [1.54, 1.807) is 0 Å². The van der Waals surface area contributed by atoms with E-state index in [0.29, 0.717) is 6.54 Å². The summed E-state index contributed by atoms with van der Waals surface area (Å²) < 4.78 is 0. The van der Waals surface area contributed by atoms with Gasteiger partial charge in [-0.25, -0.2) is 9.97 Å². The van der Waals surface area contributed by atoms with Gasteiger partial charge < -0.3 is 15.5 Å². The predicted molar refractivity (Wildman–Crippen MR) is 77.3 cm³/mol. The second-order valence-electron chi connectivity index (χ2n) is 4.37. The van der Waals surface area contributed by atoms with Gasteiger partial charge in [0.15, 0.2) is 0 Å². The van der Waals surface area contributed by atoms with Crippen LogP contribution in [0.15, 0.2) is 6.07 Å². The van der Waals surface area contributed by atoms with Crippen LogP contribution >= 0.6 is 0 Å².